The van der Waals surface area contributed by atoms with Crippen molar-refractivity contribution in [1.82, 2.24) is 0 Å². The summed E-state index contributed by atoms with van der Waals surface area (Å²) in [6, 6.07) is 5.73. The first kappa shape index (κ1) is 12.1. The van der Waals surface area contributed by atoms with E-state index in [1.807, 2.05) is 25.1 Å². The van der Waals surface area contributed by atoms with Crippen LogP contribution in [-0.4, -0.2) is 11.7 Å². The van der Waals surface area contributed by atoms with Crippen molar-refractivity contribution in [2.75, 3.05) is 6.61 Å². The lowest BCUT2D eigenvalue weighted by Gasteiger charge is -2.13. The zero-order valence-corrected chi connectivity index (χ0v) is 9.66. The number of rotatable bonds is 4. The molecule has 82 valence electrons. The van der Waals surface area contributed by atoms with E-state index in [-0.39, 0.29) is 0 Å². The maximum atomic E-state index is 9.56. The largest absolute Gasteiger partial charge is 0.489 e. The van der Waals surface area contributed by atoms with Gasteiger partial charge in [-0.25, -0.2) is 0 Å². The lowest BCUT2D eigenvalue weighted by molar-refractivity contribution is 0.193. The van der Waals surface area contributed by atoms with Gasteiger partial charge in [-0.05, 0) is 32.1 Å². The summed E-state index contributed by atoms with van der Waals surface area (Å²) in [4.78, 5) is 0. The summed E-state index contributed by atoms with van der Waals surface area (Å²) in [6.45, 7) is 4.11. The van der Waals surface area contributed by atoms with Crippen molar-refractivity contribution in [2.24, 2.45) is 0 Å². The van der Waals surface area contributed by atoms with Gasteiger partial charge < -0.3 is 9.84 Å². The second-order valence-corrected chi connectivity index (χ2v) is 3.64. The van der Waals surface area contributed by atoms with Crippen molar-refractivity contribution < 1.29 is 9.84 Å². The highest BCUT2D eigenvalue weighted by molar-refractivity contribution is 6.25. The van der Waals surface area contributed by atoms with Crippen LogP contribution in [0.3, 0.4) is 0 Å². The van der Waals surface area contributed by atoms with Gasteiger partial charge in [0.05, 0.1) is 6.10 Å². The van der Waals surface area contributed by atoms with Gasteiger partial charge in [-0.1, -0.05) is 23.2 Å². The Labute approximate surface area is 95.1 Å². The van der Waals surface area contributed by atoms with Crippen molar-refractivity contribution in [3.05, 3.63) is 40.9 Å². The van der Waals surface area contributed by atoms with E-state index in [0.717, 1.165) is 11.1 Å². The van der Waals surface area contributed by atoms with Crippen molar-refractivity contribution in [1.29, 1.82) is 0 Å². The summed E-state index contributed by atoms with van der Waals surface area (Å²) >= 11 is 5.39. The molecule has 1 atom stereocenters. The topological polar surface area (TPSA) is 29.5 Å². The molecule has 0 bridgehead atoms. The second-order valence-electron chi connectivity index (χ2n) is 3.39. The third kappa shape index (κ3) is 3.57. The van der Waals surface area contributed by atoms with E-state index in [1.165, 1.54) is 5.54 Å². The number of aryl methyl sites for hydroxylation is 1. The van der Waals surface area contributed by atoms with Crippen LogP contribution in [0.15, 0.2) is 29.8 Å². The normalized spacial score (nSPS) is 13.1. The van der Waals surface area contributed by atoms with Crippen molar-refractivity contribution in [2.45, 2.75) is 20.0 Å². The molecule has 15 heavy (non-hydrogen) atoms. The molecule has 2 nitrogen and oxygen atoms in total. The van der Waals surface area contributed by atoms with Gasteiger partial charge in [0, 0.05) is 11.1 Å². The molecule has 0 fully saturated rings. The summed E-state index contributed by atoms with van der Waals surface area (Å²) in [5.41, 5.74) is 3.32. The molecule has 0 amide bonds. The molecule has 0 spiro atoms. The predicted octanol–water partition coefficient (Wildman–Crippen LogP) is 3.18. The van der Waals surface area contributed by atoms with Crippen LogP contribution in [0, 0.1) is 6.92 Å². The third-order valence-corrected chi connectivity index (χ3v) is 2.22. The number of halogens is 1. The molecule has 0 saturated heterocycles. The predicted molar refractivity (Wildman–Crippen MR) is 62.3 cm³/mol. The molecule has 1 aromatic rings. The van der Waals surface area contributed by atoms with E-state index in [9.17, 15) is 5.11 Å². The summed E-state index contributed by atoms with van der Waals surface area (Å²) in [6.07, 6.45) is 1.17. The third-order valence-electron chi connectivity index (χ3n) is 2.04. The first-order valence-corrected chi connectivity index (χ1v) is 5.25. The fourth-order valence-electron chi connectivity index (χ4n) is 1.30. The van der Waals surface area contributed by atoms with Gasteiger partial charge in [-0.3, -0.25) is 0 Å². The minimum Gasteiger partial charge on any atom is -0.489 e. The Morgan fingerprint density at radius 1 is 1.53 bits per heavy atom. The van der Waals surface area contributed by atoms with Gasteiger partial charge in [-0.15, -0.1) is 0 Å². The van der Waals surface area contributed by atoms with E-state index in [4.69, 9.17) is 16.3 Å². The summed E-state index contributed by atoms with van der Waals surface area (Å²) in [5.74, 6) is 0.699. The van der Waals surface area contributed by atoms with Gasteiger partial charge in [0.2, 0.25) is 0 Å². The zero-order chi connectivity index (χ0) is 11.3. The molecule has 0 aliphatic rings. The van der Waals surface area contributed by atoms with Crippen LogP contribution in [0.25, 0.3) is 0 Å². The van der Waals surface area contributed by atoms with Crippen LogP contribution < -0.4 is 4.74 Å². The van der Waals surface area contributed by atoms with Crippen LogP contribution >= 0.6 is 11.6 Å². The molecule has 0 heterocycles. The Kier molecular flexibility index (Phi) is 4.66. The average Bonchev–Trinajstić information content (AvgIpc) is 2.20. The number of hydrogen-bond donors (Lipinski definition) is 1. The first-order valence-electron chi connectivity index (χ1n) is 4.81. The lowest BCUT2D eigenvalue weighted by atomic mass is 10.1. The number of ether oxygens (including phenoxy) is 1. The second kappa shape index (κ2) is 5.79. The monoisotopic (exact) mass is 226 g/mol. The summed E-state index contributed by atoms with van der Waals surface area (Å²) in [5, 5.41) is 9.56. The molecule has 0 aromatic heterocycles. The van der Waals surface area contributed by atoms with Crippen molar-refractivity contribution in [3.8, 4) is 5.75 Å². The van der Waals surface area contributed by atoms with Crippen LogP contribution in [0.1, 0.15) is 24.2 Å². The van der Waals surface area contributed by atoms with Crippen LogP contribution in [0.2, 0.25) is 0 Å². The maximum absolute atomic E-state index is 9.56. The Hall–Kier alpha value is -0.990. The van der Waals surface area contributed by atoms with Crippen molar-refractivity contribution >= 4 is 11.6 Å². The molecule has 0 aliphatic carbocycles. The summed E-state index contributed by atoms with van der Waals surface area (Å²) in [7, 11) is 0. The Morgan fingerprint density at radius 3 is 2.87 bits per heavy atom. The minimum absolute atomic E-state index is 0.409. The fourth-order valence-corrected chi connectivity index (χ4v) is 1.37. The highest BCUT2D eigenvalue weighted by Crippen LogP contribution is 2.26. The SMILES string of the molecule is Cc1ccc(OCC=CCl)c([C@@H](C)O)c1. The Bertz CT molecular complexity index is 345. The molecule has 0 radical (unpaired) electrons. The van der Waals surface area contributed by atoms with Gasteiger partial charge >= 0.3 is 0 Å². The fraction of sp³-hybridized carbons (Fsp3) is 0.333. The van der Waals surface area contributed by atoms with Crippen LogP contribution in [0.4, 0.5) is 0 Å². The van der Waals surface area contributed by atoms with Crippen LogP contribution in [-0.2, 0) is 0 Å². The molecule has 0 saturated carbocycles. The molecule has 3 heteroatoms. The Balaban J connectivity index is 2.85. The van der Waals surface area contributed by atoms with E-state index in [2.05, 4.69) is 0 Å². The first-order chi connectivity index (χ1) is 7.15. The van der Waals surface area contributed by atoms with Crippen LogP contribution in [0.5, 0.6) is 5.75 Å². The number of aliphatic hydroxyl groups excluding tert-OH is 1. The van der Waals surface area contributed by atoms with E-state index in [1.54, 1.807) is 13.0 Å². The number of aliphatic hydroxyl groups is 1. The summed E-state index contributed by atoms with van der Waals surface area (Å²) < 4.78 is 5.46. The number of benzene rings is 1. The van der Waals surface area contributed by atoms with Crippen molar-refractivity contribution in [3.63, 3.8) is 0 Å². The molecule has 0 unspecified atom stereocenters. The maximum Gasteiger partial charge on any atom is 0.125 e. The quantitative estimate of drug-likeness (QED) is 0.855. The lowest BCUT2D eigenvalue weighted by Crippen LogP contribution is -2.00. The smallest absolute Gasteiger partial charge is 0.125 e. The van der Waals surface area contributed by atoms with Gasteiger partial charge in [0.25, 0.3) is 0 Å². The highest BCUT2D eigenvalue weighted by Gasteiger charge is 2.08. The average molecular weight is 227 g/mol. The molecular formula is C12H15ClO2. The van der Waals surface area contributed by atoms with Gasteiger partial charge in [0.15, 0.2) is 0 Å². The Morgan fingerprint density at radius 2 is 2.27 bits per heavy atom. The van der Waals surface area contributed by atoms with E-state index >= 15 is 0 Å². The molecule has 1 rings (SSSR count). The molecule has 1 aromatic carbocycles. The van der Waals surface area contributed by atoms with Gasteiger partial charge in [0.1, 0.15) is 12.4 Å². The molecular weight excluding hydrogens is 212 g/mol. The molecule has 1 N–H and O–H groups in total. The van der Waals surface area contributed by atoms with Gasteiger partial charge in [-0.2, -0.15) is 0 Å². The molecule has 0 aliphatic heterocycles. The zero-order valence-electron chi connectivity index (χ0n) is 8.90. The highest BCUT2D eigenvalue weighted by atomic mass is 35.5. The van der Waals surface area contributed by atoms with E-state index < -0.39 is 6.10 Å². The van der Waals surface area contributed by atoms with E-state index in [0.29, 0.717) is 12.4 Å². The standard InChI is InChI=1S/C12H15ClO2/c1-9-4-5-12(15-7-3-6-13)11(8-9)10(2)14/h3-6,8,10,14H,7H2,1-2H3/t10-/m1/s1. The minimum atomic E-state index is -0.528. The number of hydrogen-bond acceptors (Lipinski definition) is 2.